The lowest BCUT2D eigenvalue weighted by molar-refractivity contribution is -0.120. The number of hydrogen-bond donors (Lipinski definition) is 2. The first-order valence-electron chi connectivity index (χ1n) is 3.43. The summed E-state index contributed by atoms with van der Waals surface area (Å²) < 4.78 is 0. The molecule has 0 fully saturated rings. The van der Waals surface area contributed by atoms with Gasteiger partial charge in [-0.15, -0.1) is 0 Å². The Hall–Kier alpha value is -0.180. The van der Waals surface area contributed by atoms with Crippen molar-refractivity contribution in [1.82, 2.24) is 5.32 Å². The Morgan fingerprint density at radius 3 is 2.40 bits per heavy atom. The smallest absolute Gasteiger partial charge is 0.230 e. The van der Waals surface area contributed by atoms with Crippen molar-refractivity contribution >= 4 is 18.5 Å². The van der Waals surface area contributed by atoms with Crippen LogP contribution in [0.2, 0.25) is 0 Å². The fraction of sp³-hybridized carbons (Fsp3) is 0.857. The molecule has 0 aromatic carbocycles. The zero-order chi connectivity index (χ0) is 8.20. The normalized spacial score (nSPS) is 11.2. The lowest BCUT2D eigenvalue weighted by Crippen LogP contribution is -2.43. The largest absolute Gasteiger partial charge is 0.351 e. The van der Waals surface area contributed by atoms with Gasteiger partial charge in [-0.05, 0) is 20.3 Å². The highest BCUT2D eigenvalue weighted by Gasteiger charge is 2.15. The van der Waals surface area contributed by atoms with E-state index < -0.39 is 0 Å². The van der Waals surface area contributed by atoms with E-state index in [4.69, 9.17) is 0 Å². The number of carbonyl (C=O) groups excluding carboxylic acids is 1. The second-order valence-corrected chi connectivity index (χ2v) is 3.26. The maximum atomic E-state index is 10.8. The van der Waals surface area contributed by atoms with E-state index >= 15 is 0 Å². The number of rotatable bonds is 3. The molecular formula is C7H15NOS. The summed E-state index contributed by atoms with van der Waals surface area (Å²) in [6.45, 7) is 6.03. The number of nitrogens with one attached hydrogen (secondary N) is 1. The number of hydrogen-bond acceptors (Lipinski definition) is 2. The summed E-state index contributed by atoms with van der Waals surface area (Å²) in [6.07, 6.45) is 0.937. The van der Waals surface area contributed by atoms with E-state index in [9.17, 15) is 4.79 Å². The standard InChI is InChI=1S/C7H15NOS/c1-4-7(2,3)8-6(9)5-10/h10H,4-5H2,1-3H3,(H,8,9). The van der Waals surface area contributed by atoms with E-state index in [0.29, 0.717) is 0 Å². The Balaban J connectivity index is 3.76. The summed E-state index contributed by atoms with van der Waals surface area (Å²) in [6, 6.07) is 0. The summed E-state index contributed by atoms with van der Waals surface area (Å²) >= 11 is 3.85. The third-order valence-electron chi connectivity index (χ3n) is 1.51. The molecule has 0 saturated carbocycles. The molecule has 60 valence electrons. The number of carbonyl (C=O) groups is 1. The Morgan fingerprint density at radius 1 is 1.60 bits per heavy atom. The van der Waals surface area contributed by atoms with Crippen LogP contribution < -0.4 is 5.32 Å². The minimum absolute atomic E-state index is 0.00446. The Labute approximate surface area is 67.8 Å². The van der Waals surface area contributed by atoms with Crippen LogP contribution in [-0.2, 0) is 4.79 Å². The van der Waals surface area contributed by atoms with Gasteiger partial charge in [0.05, 0.1) is 5.75 Å². The minimum atomic E-state index is -0.0835. The number of amides is 1. The molecule has 0 aliphatic carbocycles. The predicted octanol–water partition coefficient (Wildman–Crippen LogP) is 1.22. The predicted molar refractivity (Wildman–Crippen MR) is 46.4 cm³/mol. The van der Waals surface area contributed by atoms with Crippen LogP contribution in [-0.4, -0.2) is 17.2 Å². The molecule has 0 rings (SSSR count). The molecule has 0 aliphatic rings. The van der Waals surface area contributed by atoms with Crippen LogP contribution in [0, 0.1) is 0 Å². The van der Waals surface area contributed by atoms with Crippen LogP contribution in [0.3, 0.4) is 0 Å². The molecule has 1 amide bonds. The summed E-state index contributed by atoms with van der Waals surface area (Å²) in [5.74, 6) is 0.263. The average Bonchev–Trinajstić information content (AvgIpc) is 1.87. The van der Waals surface area contributed by atoms with Gasteiger partial charge in [0.25, 0.3) is 0 Å². The van der Waals surface area contributed by atoms with Crippen LogP contribution in [0.25, 0.3) is 0 Å². The van der Waals surface area contributed by atoms with Gasteiger partial charge in [0.2, 0.25) is 5.91 Å². The first-order valence-corrected chi connectivity index (χ1v) is 4.07. The monoisotopic (exact) mass is 161 g/mol. The molecule has 0 aromatic rings. The molecule has 10 heavy (non-hydrogen) atoms. The van der Waals surface area contributed by atoms with Crippen molar-refractivity contribution in [1.29, 1.82) is 0 Å². The second kappa shape index (κ2) is 3.86. The van der Waals surface area contributed by atoms with Crippen LogP contribution in [0.4, 0.5) is 0 Å². The van der Waals surface area contributed by atoms with Crippen molar-refractivity contribution in [3.05, 3.63) is 0 Å². The van der Waals surface area contributed by atoms with E-state index in [1.807, 2.05) is 20.8 Å². The highest BCUT2D eigenvalue weighted by Crippen LogP contribution is 2.05. The Bertz CT molecular complexity index is 123. The molecule has 2 nitrogen and oxygen atoms in total. The molecule has 0 aromatic heterocycles. The van der Waals surface area contributed by atoms with E-state index in [0.717, 1.165) is 6.42 Å². The van der Waals surface area contributed by atoms with Crippen molar-refractivity contribution in [2.45, 2.75) is 32.7 Å². The molecule has 0 unspecified atom stereocenters. The molecule has 0 heterocycles. The van der Waals surface area contributed by atoms with E-state index in [2.05, 4.69) is 17.9 Å². The first-order chi connectivity index (χ1) is 4.52. The molecule has 0 aliphatic heterocycles. The van der Waals surface area contributed by atoms with E-state index in [-0.39, 0.29) is 17.2 Å². The molecule has 3 heteroatoms. The van der Waals surface area contributed by atoms with Crippen LogP contribution >= 0.6 is 12.6 Å². The van der Waals surface area contributed by atoms with Gasteiger partial charge in [-0.2, -0.15) is 12.6 Å². The van der Waals surface area contributed by atoms with E-state index in [1.165, 1.54) is 0 Å². The highest BCUT2D eigenvalue weighted by molar-refractivity contribution is 7.81. The van der Waals surface area contributed by atoms with Crippen LogP contribution in [0.15, 0.2) is 0 Å². The van der Waals surface area contributed by atoms with Crippen LogP contribution in [0.5, 0.6) is 0 Å². The van der Waals surface area contributed by atoms with Gasteiger partial charge in [-0.1, -0.05) is 6.92 Å². The van der Waals surface area contributed by atoms with Crippen molar-refractivity contribution < 1.29 is 4.79 Å². The van der Waals surface area contributed by atoms with E-state index in [1.54, 1.807) is 0 Å². The Kier molecular flexibility index (Phi) is 3.79. The molecule has 0 saturated heterocycles. The van der Waals surface area contributed by atoms with Crippen molar-refractivity contribution in [3.63, 3.8) is 0 Å². The summed E-state index contributed by atoms with van der Waals surface area (Å²) in [7, 11) is 0. The quantitative estimate of drug-likeness (QED) is 0.599. The zero-order valence-electron chi connectivity index (χ0n) is 6.77. The van der Waals surface area contributed by atoms with Crippen molar-refractivity contribution in [2.75, 3.05) is 5.75 Å². The summed E-state index contributed by atoms with van der Waals surface area (Å²) in [5.41, 5.74) is -0.0835. The fourth-order valence-electron chi connectivity index (χ4n) is 0.505. The van der Waals surface area contributed by atoms with Gasteiger partial charge in [0, 0.05) is 5.54 Å². The van der Waals surface area contributed by atoms with Gasteiger partial charge in [-0.25, -0.2) is 0 Å². The van der Waals surface area contributed by atoms with Gasteiger partial charge in [-0.3, -0.25) is 4.79 Å². The summed E-state index contributed by atoms with van der Waals surface area (Å²) in [4.78, 5) is 10.8. The molecular weight excluding hydrogens is 146 g/mol. The molecule has 1 N–H and O–H groups in total. The lowest BCUT2D eigenvalue weighted by atomic mass is 10.0. The first kappa shape index (κ1) is 9.82. The fourth-order valence-corrected chi connectivity index (χ4v) is 0.584. The van der Waals surface area contributed by atoms with Gasteiger partial charge >= 0.3 is 0 Å². The lowest BCUT2D eigenvalue weighted by Gasteiger charge is -2.23. The average molecular weight is 161 g/mol. The maximum Gasteiger partial charge on any atom is 0.230 e. The minimum Gasteiger partial charge on any atom is -0.351 e. The van der Waals surface area contributed by atoms with Gasteiger partial charge in [0.15, 0.2) is 0 Å². The van der Waals surface area contributed by atoms with Gasteiger partial charge < -0.3 is 5.32 Å². The number of thiol groups is 1. The van der Waals surface area contributed by atoms with Crippen molar-refractivity contribution in [3.8, 4) is 0 Å². The maximum absolute atomic E-state index is 10.8. The topological polar surface area (TPSA) is 29.1 Å². The van der Waals surface area contributed by atoms with Gasteiger partial charge in [0.1, 0.15) is 0 Å². The SMILES string of the molecule is CCC(C)(C)NC(=O)CS. The third kappa shape index (κ3) is 3.77. The molecule has 0 spiro atoms. The molecule has 0 atom stereocenters. The Morgan fingerprint density at radius 2 is 2.10 bits per heavy atom. The molecule has 0 radical (unpaired) electrons. The molecule has 0 bridgehead atoms. The second-order valence-electron chi connectivity index (χ2n) is 2.94. The van der Waals surface area contributed by atoms with Crippen LogP contribution in [0.1, 0.15) is 27.2 Å². The third-order valence-corrected chi connectivity index (χ3v) is 1.79. The zero-order valence-corrected chi connectivity index (χ0v) is 7.66. The van der Waals surface area contributed by atoms with Crippen molar-refractivity contribution in [2.24, 2.45) is 0 Å². The highest BCUT2D eigenvalue weighted by atomic mass is 32.1. The summed E-state index contributed by atoms with van der Waals surface area (Å²) in [5, 5.41) is 2.84.